The largest absolute Gasteiger partial charge is 0.508 e. The first-order valence-electron chi connectivity index (χ1n) is 5.40. The molecule has 0 spiro atoms. The van der Waals surface area contributed by atoms with Gasteiger partial charge in [0, 0.05) is 5.92 Å². The van der Waals surface area contributed by atoms with Crippen LogP contribution in [-0.2, 0) is 0 Å². The van der Waals surface area contributed by atoms with Crippen LogP contribution in [-0.4, -0.2) is 5.11 Å². The third-order valence-corrected chi connectivity index (χ3v) is 3.00. The van der Waals surface area contributed by atoms with Crippen LogP contribution in [0.25, 0.3) is 0 Å². The fourth-order valence-electron chi connectivity index (χ4n) is 2.11. The van der Waals surface area contributed by atoms with Crippen LogP contribution in [0.4, 0.5) is 0 Å². The van der Waals surface area contributed by atoms with Gasteiger partial charge in [-0.25, -0.2) is 0 Å². The molecule has 1 N–H and O–H groups in total. The summed E-state index contributed by atoms with van der Waals surface area (Å²) < 4.78 is 0. The number of hydrogen-bond donors (Lipinski definition) is 1. The Labute approximate surface area is 92.5 Å². The maximum absolute atomic E-state index is 9.48. The van der Waals surface area contributed by atoms with Gasteiger partial charge in [0.15, 0.2) is 0 Å². The van der Waals surface area contributed by atoms with Crippen molar-refractivity contribution in [3.05, 3.63) is 48.3 Å². The normalized spacial score (nSPS) is 27.1. The smallest absolute Gasteiger partial charge is 0.111 e. The molecule has 0 amide bonds. The van der Waals surface area contributed by atoms with E-state index in [1.54, 1.807) is 0 Å². The van der Waals surface area contributed by atoms with E-state index in [-0.39, 0.29) is 11.7 Å². The van der Waals surface area contributed by atoms with Crippen LogP contribution in [0.5, 0.6) is 0 Å². The molecule has 0 saturated heterocycles. The van der Waals surface area contributed by atoms with Crippen LogP contribution in [0.15, 0.2) is 48.3 Å². The number of allylic oxidation sites excluding steroid dienone is 5. The maximum Gasteiger partial charge on any atom is 0.111 e. The Morgan fingerprint density at radius 1 is 1.60 bits per heavy atom. The zero-order valence-corrected chi connectivity index (χ0v) is 9.66. The van der Waals surface area contributed by atoms with Crippen LogP contribution in [0.3, 0.4) is 0 Å². The SMILES string of the molecule is C=C/C(O)=C/[C@@H]1C=C(C)CC[C@H]1C(=C)C. The Hall–Kier alpha value is -1.24. The van der Waals surface area contributed by atoms with E-state index in [0.29, 0.717) is 5.92 Å². The molecule has 0 heterocycles. The van der Waals surface area contributed by atoms with Gasteiger partial charge in [-0.1, -0.05) is 30.4 Å². The van der Waals surface area contributed by atoms with Crippen LogP contribution in [0, 0.1) is 11.8 Å². The van der Waals surface area contributed by atoms with Crippen molar-refractivity contribution in [3.8, 4) is 0 Å². The molecule has 0 radical (unpaired) electrons. The number of rotatable bonds is 3. The van der Waals surface area contributed by atoms with Crippen LogP contribution >= 0.6 is 0 Å². The standard InChI is InChI=1S/C14H20O/c1-5-13(15)9-12-8-11(4)6-7-14(12)10(2)3/h5,8-9,12,14-15H,1-2,6-7H2,3-4H3/b13-9-/t12-,14-/m0/s1. The van der Waals surface area contributed by atoms with Gasteiger partial charge in [-0.2, -0.15) is 0 Å². The van der Waals surface area contributed by atoms with Gasteiger partial charge in [0.05, 0.1) is 0 Å². The van der Waals surface area contributed by atoms with Crippen molar-refractivity contribution in [2.75, 3.05) is 0 Å². The maximum atomic E-state index is 9.48. The highest BCUT2D eigenvalue weighted by Gasteiger charge is 2.22. The molecular formula is C14H20O. The highest BCUT2D eigenvalue weighted by molar-refractivity contribution is 5.22. The summed E-state index contributed by atoms with van der Waals surface area (Å²) in [6.07, 6.45) is 7.84. The van der Waals surface area contributed by atoms with Gasteiger partial charge in [0.1, 0.15) is 5.76 Å². The molecule has 1 nitrogen and oxygen atoms in total. The molecule has 0 aliphatic heterocycles. The lowest BCUT2D eigenvalue weighted by Gasteiger charge is -2.28. The highest BCUT2D eigenvalue weighted by atomic mass is 16.3. The van der Waals surface area contributed by atoms with E-state index in [1.165, 1.54) is 17.2 Å². The first-order valence-corrected chi connectivity index (χ1v) is 5.40. The summed E-state index contributed by atoms with van der Waals surface area (Å²) in [4.78, 5) is 0. The molecule has 1 aliphatic carbocycles. The predicted octanol–water partition coefficient (Wildman–Crippen LogP) is 4.16. The monoisotopic (exact) mass is 204 g/mol. The lowest BCUT2D eigenvalue weighted by Crippen LogP contribution is -2.16. The molecule has 1 heteroatoms. The molecule has 1 rings (SSSR count). The first kappa shape index (κ1) is 11.8. The van der Waals surface area contributed by atoms with E-state index >= 15 is 0 Å². The van der Waals surface area contributed by atoms with Crippen LogP contribution < -0.4 is 0 Å². The van der Waals surface area contributed by atoms with Crippen molar-refractivity contribution < 1.29 is 5.11 Å². The molecule has 0 aromatic rings. The van der Waals surface area contributed by atoms with Crippen LogP contribution in [0.2, 0.25) is 0 Å². The average Bonchev–Trinajstić information content (AvgIpc) is 2.17. The van der Waals surface area contributed by atoms with E-state index in [2.05, 4.69) is 33.1 Å². The molecule has 0 aromatic heterocycles. The molecule has 0 saturated carbocycles. The van der Waals surface area contributed by atoms with E-state index in [9.17, 15) is 5.11 Å². The fraction of sp³-hybridized carbons (Fsp3) is 0.429. The van der Waals surface area contributed by atoms with Crippen molar-refractivity contribution in [1.29, 1.82) is 0 Å². The minimum Gasteiger partial charge on any atom is -0.508 e. The molecule has 15 heavy (non-hydrogen) atoms. The Balaban J connectivity index is 2.92. The molecule has 2 atom stereocenters. The lowest BCUT2D eigenvalue weighted by atomic mass is 9.77. The van der Waals surface area contributed by atoms with Crippen molar-refractivity contribution in [3.63, 3.8) is 0 Å². The minimum absolute atomic E-state index is 0.261. The lowest BCUT2D eigenvalue weighted by molar-refractivity contribution is 0.406. The Morgan fingerprint density at radius 3 is 2.80 bits per heavy atom. The van der Waals surface area contributed by atoms with E-state index < -0.39 is 0 Å². The van der Waals surface area contributed by atoms with Gasteiger partial charge < -0.3 is 5.11 Å². The summed E-state index contributed by atoms with van der Waals surface area (Å²) in [5.41, 5.74) is 2.59. The third kappa shape index (κ3) is 3.12. The Kier molecular flexibility index (Phi) is 3.96. The van der Waals surface area contributed by atoms with E-state index in [0.717, 1.165) is 12.8 Å². The molecular weight excluding hydrogens is 184 g/mol. The summed E-state index contributed by atoms with van der Waals surface area (Å²) in [6.45, 7) is 11.8. The van der Waals surface area contributed by atoms with Crippen molar-refractivity contribution >= 4 is 0 Å². The van der Waals surface area contributed by atoms with Gasteiger partial charge in [0.25, 0.3) is 0 Å². The van der Waals surface area contributed by atoms with Gasteiger partial charge in [-0.15, -0.1) is 0 Å². The van der Waals surface area contributed by atoms with Gasteiger partial charge in [-0.05, 0) is 44.8 Å². The Morgan fingerprint density at radius 2 is 2.27 bits per heavy atom. The summed E-state index contributed by atoms with van der Waals surface area (Å²) in [6, 6.07) is 0. The van der Waals surface area contributed by atoms with E-state index in [4.69, 9.17) is 0 Å². The molecule has 1 aliphatic rings. The quantitative estimate of drug-likeness (QED) is 0.415. The predicted molar refractivity (Wildman–Crippen MR) is 65.7 cm³/mol. The second-order valence-corrected chi connectivity index (χ2v) is 4.38. The zero-order chi connectivity index (χ0) is 11.4. The zero-order valence-electron chi connectivity index (χ0n) is 9.66. The molecule has 82 valence electrons. The second kappa shape index (κ2) is 5.01. The van der Waals surface area contributed by atoms with Gasteiger partial charge in [0.2, 0.25) is 0 Å². The molecule has 0 bridgehead atoms. The minimum atomic E-state index is 0.261. The number of aliphatic hydroxyl groups is 1. The van der Waals surface area contributed by atoms with Gasteiger partial charge in [-0.3, -0.25) is 0 Å². The summed E-state index contributed by atoms with van der Waals surface area (Å²) in [7, 11) is 0. The second-order valence-electron chi connectivity index (χ2n) is 4.38. The molecule has 0 unspecified atom stereocenters. The fourth-order valence-corrected chi connectivity index (χ4v) is 2.11. The number of hydrogen-bond acceptors (Lipinski definition) is 1. The van der Waals surface area contributed by atoms with Crippen LogP contribution in [0.1, 0.15) is 26.7 Å². The van der Waals surface area contributed by atoms with Crippen molar-refractivity contribution in [1.82, 2.24) is 0 Å². The highest BCUT2D eigenvalue weighted by Crippen LogP contribution is 2.34. The van der Waals surface area contributed by atoms with Gasteiger partial charge >= 0.3 is 0 Å². The average molecular weight is 204 g/mol. The summed E-state index contributed by atoms with van der Waals surface area (Å²) in [5, 5.41) is 9.48. The van der Waals surface area contributed by atoms with Crippen molar-refractivity contribution in [2.45, 2.75) is 26.7 Å². The summed E-state index contributed by atoms with van der Waals surface area (Å²) >= 11 is 0. The molecule has 0 aromatic carbocycles. The topological polar surface area (TPSA) is 20.2 Å². The van der Waals surface area contributed by atoms with Crippen molar-refractivity contribution in [2.24, 2.45) is 11.8 Å². The number of aliphatic hydroxyl groups excluding tert-OH is 1. The first-order chi connectivity index (χ1) is 7.04. The van der Waals surface area contributed by atoms with E-state index in [1.807, 2.05) is 6.08 Å². The summed E-state index contributed by atoms with van der Waals surface area (Å²) in [5.74, 6) is 0.988. The third-order valence-electron chi connectivity index (χ3n) is 3.00. The molecule has 0 fully saturated rings. The Bertz CT molecular complexity index is 320.